The minimum atomic E-state index is -2.70. The molecule has 0 fully saturated rings. The number of hydrogen-bond donors (Lipinski definition) is 5. The number of aromatic amines is 1. The topological polar surface area (TPSA) is 89.5 Å². The molecule has 3 rings (SSSR count). The fourth-order valence-electron chi connectivity index (χ4n) is 2.75. The van der Waals surface area contributed by atoms with E-state index in [1.54, 1.807) is 0 Å². The summed E-state index contributed by atoms with van der Waals surface area (Å²) in [6, 6.07) is 10.3. The molecule has 0 radical (unpaired) electrons. The maximum atomic E-state index is 12.7. The molecule has 6 nitrogen and oxygen atoms in total. The lowest BCUT2D eigenvalue weighted by molar-refractivity contribution is 0.263. The van der Waals surface area contributed by atoms with Crippen LogP contribution in [0.1, 0.15) is 53.4 Å². The number of H-pyrrole nitrogens is 1. The summed E-state index contributed by atoms with van der Waals surface area (Å²) >= 11 is 0. The van der Waals surface area contributed by atoms with E-state index >= 15 is 0 Å². The van der Waals surface area contributed by atoms with E-state index in [4.69, 9.17) is 10.0 Å². The molecule has 0 atom stereocenters. The number of aromatic nitrogens is 1. The van der Waals surface area contributed by atoms with Crippen molar-refractivity contribution in [1.29, 1.82) is 0 Å². The Morgan fingerprint density at radius 1 is 0.684 bits per heavy atom. The molecule has 0 spiro atoms. The van der Waals surface area contributed by atoms with Crippen LogP contribution in [0.25, 0.3) is 10.9 Å². The van der Waals surface area contributed by atoms with E-state index in [1.165, 1.54) is 62.8 Å². The first-order valence-electron chi connectivity index (χ1n) is 12.6. The third-order valence-corrected chi connectivity index (χ3v) is 4.56. The van der Waals surface area contributed by atoms with Gasteiger partial charge < -0.3 is 30.3 Å². The van der Waals surface area contributed by atoms with E-state index in [0.717, 1.165) is 0 Å². The highest BCUT2D eigenvalue weighted by atomic mass is 19.2. The van der Waals surface area contributed by atoms with Crippen LogP contribution in [0.15, 0.2) is 36.5 Å². The van der Waals surface area contributed by atoms with E-state index in [-0.39, 0.29) is 0 Å². The minimum Gasteiger partial charge on any atom is -0.507 e. The van der Waals surface area contributed by atoms with E-state index in [0.29, 0.717) is 0 Å². The second-order valence-corrected chi connectivity index (χ2v) is 7.91. The summed E-state index contributed by atoms with van der Waals surface area (Å²) in [4.78, 5) is 3.12. The van der Waals surface area contributed by atoms with E-state index in [9.17, 15) is 22.0 Å². The maximum absolute atomic E-state index is 12.7. The highest BCUT2D eigenvalue weighted by Gasteiger charge is 2.29. The summed E-state index contributed by atoms with van der Waals surface area (Å²) in [6.07, 6.45) is 6.95. The predicted octanol–water partition coefficient (Wildman–Crippen LogP) is 5.69. The number of hydrogen-bond acceptors (Lipinski definition) is 5. The van der Waals surface area contributed by atoms with Gasteiger partial charge in [-0.3, -0.25) is 0 Å². The van der Waals surface area contributed by atoms with Gasteiger partial charge in [-0.25, -0.2) is 13.2 Å². The van der Waals surface area contributed by atoms with Crippen LogP contribution in [0.4, 0.5) is 22.0 Å². The first kappa shape index (κ1) is 35.3. The Bertz CT molecular complexity index is 948. The molecule has 0 aliphatic rings. The third kappa shape index (κ3) is 13.8. The van der Waals surface area contributed by atoms with Gasteiger partial charge in [0, 0.05) is 11.7 Å². The van der Waals surface area contributed by atoms with Crippen molar-refractivity contribution < 1.29 is 36.7 Å². The number of para-hydroxylation sites is 1. The molecule has 0 aliphatic heterocycles. The second-order valence-electron chi connectivity index (χ2n) is 7.91. The van der Waals surface area contributed by atoms with Crippen LogP contribution in [0, 0.1) is 29.1 Å². The van der Waals surface area contributed by atoms with Crippen LogP contribution in [-0.2, 0) is 0 Å². The molecule has 5 N–H and O–H groups in total. The molecule has 0 saturated carbocycles. The lowest BCUT2D eigenvalue weighted by Crippen LogP contribution is -2.23. The minimum absolute atomic E-state index is 1.17. The zero-order valence-electron chi connectivity index (χ0n) is 22.4. The number of halogens is 5. The molecule has 0 amide bonds. The van der Waals surface area contributed by atoms with Gasteiger partial charge >= 0.3 is 7.32 Å². The summed E-state index contributed by atoms with van der Waals surface area (Å²) in [5.74, 6) is -13.1. The average Bonchev–Trinajstić information content (AvgIpc) is 3.40. The van der Waals surface area contributed by atoms with Gasteiger partial charge in [0.1, 0.15) is 0 Å². The lowest BCUT2D eigenvalue weighted by atomic mass is 10.2. The number of benzene rings is 2. The van der Waals surface area contributed by atoms with Crippen molar-refractivity contribution >= 4 is 18.2 Å². The van der Waals surface area contributed by atoms with Crippen molar-refractivity contribution in [2.45, 2.75) is 53.4 Å². The Balaban J connectivity index is 0.000000512. The van der Waals surface area contributed by atoms with Gasteiger partial charge in [-0.2, -0.15) is 8.78 Å². The first-order chi connectivity index (χ1) is 18.2. The van der Waals surface area contributed by atoms with Gasteiger partial charge in [-0.1, -0.05) is 45.9 Å². The fourth-order valence-corrected chi connectivity index (χ4v) is 2.75. The first-order valence-corrected chi connectivity index (χ1v) is 12.6. The number of nitrogens with one attached hydrogen (secondary N) is 3. The number of rotatable bonds is 10. The van der Waals surface area contributed by atoms with Crippen LogP contribution in [-0.4, -0.2) is 48.5 Å². The molecule has 1 heterocycles. The maximum Gasteiger partial charge on any atom is 0.707 e. The third-order valence-electron chi connectivity index (χ3n) is 4.56. The smallest absolute Gasteiger partial charge is 0.507 e. The van der Waals surface area contributed by atoms with Crippen LogP contribution in [0.5, 0.6) is 5.75 Å². The van der Waals surface area contributed by atoms with Gasteiger partial charge in [0.15, 0.2) is 5.75 Å². The lowest BCUT2D eigenvalue weighted by Gasteiger charge is -2.08. The molecular formula is C26H39BF5N3O3. The van der Waals surface area contributed by atoms with Crippen LogP contribution in [0.3, 0.4) is 0 Å². The molecule has 0 aliphatic carbocycles. The van der Waals surface area contributed by atoms with Gasteiger partial charge in [-0.15, -0.1) is 0 Å². The molecule has 2 aromatic carbocycles. The van der Waals surface area contributed by atoms with Crippen molar-refractivity contribution in [2.24, 2.45) is 0 Å². The Morgan fingerprint density at radius 3 is 1.50 bits per heavy atom. The molecule has 38 heavy (non-hydrogen) atoms. The Hall–Kier alpha value is -2.67. The summed E-state index contributed by atoms with van der Waals surface area (Å²) < 4.78 is 66.3. The molecule has 0 unspecified atom stereocenters. The summed E-state index contributed by atoms with van der Waals surface area (Å²) in [6.45, 7) is 13.4. The monoisotopic (exact) mass is 547 g/mol. The number of fused-ring (bicyclic) bond motifs is 1. The highest BCUT2D eigenvalue weighted by Crippen LogP contribution is 2.29. The van der Waals surface area contributed by atoms with E-state index < -0.39 is 42.2 Å². The van der Waals surface area contributed by atoms with E-state index in [1.807, 2.05) is 18.3 Å². The highest BCUT2D eigenvalue weighted by molar-refractivity contribution is 6.33. The molecular weight excluding hydrogens is 508 g/mol. The summed E-state index contributed by atoms with van der Waals surface area (Å²) in [5.41, 5.74) is 1.21. The Labute approximate surface area is 221 Å². The van der Waals surface area contributed by atoms with Gasteiger partial charge in [0.05, 0.1) is 0 Å². The molecule has 0 bridgehead atoms. The van der Waals surface area contributed by atoms with Gasteiger partial charge in [0.25, 0.3) is 0 Å². The summed E-state index contributed by atoms with van der Waals surface area (Å²) in [5, 5.41) is 24.2. The molecule has 3 aromatic rings. The molecule has 1 aromatic heterocycles. The van der Waals surface area contributed by atoms with Crippen LogP contribution < -0.4 is 15.3 Å². The Morgan fingerprint density at radius 2 is 1.11 bits per heavy atom. The average molecular weight is 547 g/mol. The zero-order valence-corrected chi connectivity index (χ0v) is 22.4. The molecule has 214 valence electrons. The predicted molar refractivity (Wildman–Crippen MR) is 142 cm³/mol. The van der Waals surface area contributed by atoms with Crippen molar-refractivity contribution in [1.82, 2.24) is 15.6 Å². The van der Waals surface area contributed by atoms with Crippen LogP contribution >= 0.6 is 0 Å². The quantitative estimate of drug-likeness (QED) is 0.0740. The van der Waals surface area contributed by atoms with Crippen molar-refractivity contribution in [3.63, 3.8) is 0 Å². The standard InChI is InChI=1S/C8H7N.C6H2BF5O3.2C6H15N/c1-2-4-8-7(3-1)5-6-9-8;8-1-2(9)4(11)6(15-7(13)14)5(12)3(1)10;2*1-3-5-7-6-4-2/h1-6,9H;13-14H;2*7H,3-6H2,1-2H3. The fraction of sp³-hybridized carbons (Fsp3) is 0.462. The van der Waals surface area contributed by atoms with Crippen molar-refractivity contribution in [3.05, 3.63) is 65.6 Å². The Kier molecular flexibility index (Phi) is 19.8. The second kappa shape index (κ2) is 21.3. The van der Waals surface area contributed by atoms with Gasteiger partial charge in [0.2, 0.25) is 29.1 Å². The largest absolute Gasteiger partial charge is 0.707 e. The zero-order chi connectivity index (χ0) is 28.9. The SMILES string of the molecule is CCCNCCC.CCCNCCC.OB(O)Oc1c(F)c(F)c(F)c(F)c1F.c1ccc2[nH]ccc2c1. The van der Waals surface area contributed by atoms with Crippen LogP contribution in [0.2, 0.25) is 0 Å². The van der Waals surface area contributed by atoms with Crippen molar-refractivity contribution in [2.75, 3.05) is 26.2 Å². The van der Waals surface area contributed by atoms with Crippen molar-refractivity contribution in [3.8, 4) is 5.75 Å². The van der Waals surface area contributed by atoms with Gasteiger partial charge in [-0.05, 0) is 69.4 Å². The van der Waals surface area contributed by atoms with E-state index in [2.05, 4.69) is 66.2 Å². The normalized spacial score (nSPS) is 9.97. The molecule has 0 saturated heterocycles. The summed E-state index contributed by atoms with van der Waals surface area (Å²) in [7, 11) is -2.70. The molecule has 12 heteroatoms.